The zero-order chi connectivity index (χ0) is 11.3. The standard InChI is InChI=1S/C16H25N/c1-2-4-13(5-3-1)16(12-17-14-6-7-14)10-15(11-16)8-9-15/h4,14,17H,1-3,5-12H2. The van der Waals surface area contributed by atoms with Crippen molar-refractivity contribution in [1.82, 2.24) is 5.32 Å². The van der Waals surface area contributed by atoms with Crippen LogP contribution in [0, 0.1) is 10.8 Å². The maximum Gasteiger partial charge on any atom is 0.00685 e. The van der Waals surface area contributed by atoms with Crippen molar-refractivity contribution in [2.45, 2.75) is 70.3 Å². The zero-order valence-electron chi connectivity index (χ0n) is 10.9. The quantitative estimate of drug-likeness (QED) is 0.726. The van der Waals surface area contributed by atoms with Gasteiger partial charge in [0.1, 0.15) is 0 Å². The van der Waals surface area contributed by atoms with Gasteiger partial charge in [-0.15, -0.1) is 0 Å². The predicted octanol–water partition coefficient (Wildman–Crippen LogP) is 3.80. The highest BCUT2D eigenvalue weighted by molar-refractivity contribution is 5.27. The lowest BCUT2D eigenvalue weighted by atomic mass is 9.54. The van der Waals surface area contributed by atoms with Crippen molar-refractivity contribution in [2.75, 3.05) is 6.54 Å². The van der Waals surface area contributed by atoms with E-state index < -0.39 is 0 Å². The molecule has 0 aliphatic heterocycles. The summed E-state index contributed by atoms with van der Waals surface area (Å²) in [6.07, 6.45) is 17.2. The average molecular weight is 231 g/mol. The van der Waals surface area contributed by atoms with Crippen molar-refractivity contribution < 1.29 is 0 Å². The van der Waals surface area contributed by atoms with Crippen LogP contribution in [0.4, 0.5) is 0 Å². The topological polar surface area (TPSA) is 12.0 Å². The van der Waals surface area contributed by atoms with Crippen molar-refractivity contribution >= 4 is 0 Å². The maximum absolute atomic E-state index is 3.82. The van der Waals surface area contributed by atoms with E-state index in [4.69, 9.17) is 0 Å². The molecule has 0 aromatic carbocycles. The summed E-state index contributed by atoms with van der Waals surface area (Å²) in [5, 5.41) is 3.82. The van der Waals surface area contributed by atoms with Crippen molar-refractivity contribution in [2.24, 2.45) is 10.8 Å². The van der Waals surface area contributed by atoms with Crippen LogP contribution in [0.1, 0.15) is 64.2 Å². The number of hydrogen-bond acceptors (Lipinski definition) is 1. The smallest absolute Gasteiger partial charge is 0.00685 e. The lowest BCUT2D eigenvalue weighted by Crippen LogP contribution is -2.48. The van der Waals surface area contributed by atoms with E-state index in [9.17, 15) is 0 Å². The van der Waals surface area contributed by atoms with Crippen LogP contribution in [-0.4, -0.2) is 12.6 Å². The molecule has 0 heterocycles. The predicted molar refractivity (Wildman–Crippen MR) is 70.9 cm³/mol. The Labute approximate surface area is 105 Å². The van der Waals surface area contributed by atoms with Gasteiger partial charge in [-0.3, -0.25) is 0 Å². The molecule has 0 atom stereocenters. The Bertz CT molecular complexity index is 339. The number of nitrogens with one attached hydrogen (secondary N) is 1. The van der Waals surface area contributed by atoms with Crippen molar-refractivity contribution in [3.05, 3.63) is 11.6 Å². The fourth-order valence-electron chi connectivity index (χ4n) is 4.33. The average Bonchev–Trinajstić information content (AvgIpc) is 3.20. The monoisotopic (exact) mass is 231 g/mol. The molecule has 1 N–H and O–H groups in total. The molecule has 17 heavy (non-hydrogen) atoms. The van der Waals surface area contributed by atoms with E-state index in [0.29, 0.717) is 5.41 Å². The van der Waals surface area contributed by atoms with E-state index in [1.54, 1.807) is 0 Å². The van der Waals surface area contributed by atoms with E-state index in [1.807, 2.05) is 5.57 Å². The lowest BCUT2D eigenvalue weighted by molar-refractivity contribution is 0.0673. The molecule has 4 aliphatic rings. The highest BCUT2D eigenvalue weighted by atomic mass is 15.0. The van der Waals surface area contributed by atoms with Crippen molar-refractivity contribution in [3.8, 4) is 0 Å². The SMILES string of the molecule is C1=C(C2(CNC3CC3)CC3(CC3)C2)CCCC1. The molecule has 0 radical (unpaired) electrons. The molecule has 1 nitrogen and oxygen atoms in total. The number of hydrogen-bond donors (Lipinski definition) is 1. The van der Waals surface area contributed by atoms with Crippen molar-refractivity contribution in [1.29, 1.82) is 0 Å². The van der Waals surface area contributed by atoms with E-state index in [-0.39, 0.29) is 0 Å². The second kappa shape index (κ2) is 3.60. The third-order valence-corrected chi connectivity index (χ3v) is 5.66. The van der Waals surface area contributed by atoms with Crippen LogP contribution in [0.3, 0.4) is 0 Å². The number of rotatable bonds is 4. The van der Waals surface area contributed by atoms with Gasteiger partial charge in [0.15, 0.2) is 0 Å². The van der Waals surface area contributed by atoms with Gasteiger partial charge >= 0.3 is 0 Å². The molecule has 3 saturated carbocycles. The van der Waals surface area contributed by atoms with E-state index in [0.717, 1.165) is 11.5 Å². The second-order valence-electron chi connectivity index (χ2n) is 7.26. The third kappa shape index (κ3) is 1.87. The largest absolute Gasteiger partial charge is 0.313 e. The van der Waals surface area contributed by atoms with Crippen LogP contribution < -0.4 is 5.32 Å². The first kappa shape index (κ1) is 10.6. The van der Waals surface area contributed by atoms with Crippen LogP contribution in [0.15, 0.2) is 11.6 Å². The minimum atomic E-state index is 0.611. The zero-order valence-corrected chi connectivity index (χ0v) is 10.9. The fourth-order valence-corrected chi connectivity index (χ4v) is 4.33. The Morgan fingerprint density at radius 1 is 1.18 bits per heavy atom. The van der Waals surface area contributed by atoms with Gasteiger partial charge < -0.3 is 5.32 Å². The summed E-state index contributed by atoms with van der Waals surface area (Å²) in [6, 6.07) is 0.881. The Kier molecular flexibility index (Phi) is 2.25. The first-order valence-electron chi connectivity index (χ1n) is 7.73. The van der Waals surface area contributed by atoms with Crippen LogP contribution in [0.5, 0.6) is 0 Å². The summed E-state index contributed by atoms with van der Waals surface area (Å²) < 4.78 is 0. The Balaban J connectivity index is 1.48. The molecular weight excluding hydrogens is 206 g/mol. The van der Waals surface area contributed by atoms with Crippen LogP contribution in [0.25, 0.3) is 0 Å². The van der Waals surface area contributed by atoms with E-state index in [2.05, 4.69) is 11.4 Å². The van der Waals surface area contributed by atoms with Gasteiger partial charge in [0.25, 0.3) is 0 Å². The molecule has 0 aromatic rings. The molecule has 1 spiro atoms. The number of allylic oxidation sites excluding steroid dienone is 1. The minimum absolute atomic E-state index is 0.611. The first-order chi connectivity index (χ1) is 8.30. The minimum Gasteiger partial charge on any atom is -0.313 e. The summed E-state index contributed by atoms with van der Waals surface area (Å²) in [7, 11) is 0. The van der Waals surface area contributed by atoms with Crippen LogP contribution in [-0.2, 0) is 0 Å². The highest BCUT2D eigenvalue weighted by Gasteiger charge is 2.61. The highest BCUT2D eigenvalue weighted by Crippen LogP contribution is 2.71. The molecule has 0 aromatic heterocycles. The van der Waals surface area contributed by atoms with Crippen LogP contribution >= 0.6 is 0 Å². The molecule has 94 valence electrons. The molecule has 0 bridgehead atoms. The summed E-state index contributed by atoms with van der Waals surface area (Å²) in [6.45, 7) is 1.30. The molecular formula is C16H25N. The summed E-state index contributed by atoms with van der Waals surface area (Å²) in [4.78, 5) is 0. The summed E-state index contributed by atoms with van der Waals surface area (Å²) in [5.41, 5.74) is 3.29. The molecule has 0 unspecified atom stereocenters. The molecule has 4 aliphatic carbocycles. The normalized spacial score (nSPS) is 33.1. The molecule has 3 fully saturated rings. The van der Waals surface area contributed by atoms with Gasteiger partial charge in [0.05, 0.1) is 0 Å². The Morgan fingerprint density at radius 3 is 2.59 bits per heavy atom. The van der Waals surface area contributed by atoms with Gasteiger partial charge in [-0.1, -0.05) is 11.6 Å². The van der Waals surface area contributed by atoms with E-state index in [1.165, 1.54) is 70.8 Å². The Hall–Kier alpha value is -0.300. The Morgan fingerprint density at radius 2 is 2.00 bits per heavy atom. The van der Waals surface area contributed by atoms with Crippen molar-refractivity contribution in [3.63, 3.8) is 0 Å². The van der Waals surface area contributed by atoms with Gasteiger partial charge in [-0.2, -0.15) is 0 Å². The second-order valence-corrected chi connectivity index (χ2v) is 7.26. The van der Waals surface area contributed by atoms with Gasteiger partial charge in [-0.25, -0.2) is 0 Å². The molecule has 4 rings (SSSR count). The third-order valence-electron chi connectivity index (χ3n) is 5.66. The van der Waals surface area contributed by atoms with Gasteiger partial charge in [0.2, 0.25) is 0 Å². The maximum atomic E-state index is 3.82. The lowest BCUT2D eigenvalue weighted by Gasteiger charge is -2.51. The van der Waals surface area contributed by atoms with Gasteiger partial charge in [-0.05, 0) is 69.6 Å². The molecule has 0 amide bonds. The summed E-state index contributed by atoms with van der Waals surface area (Å²) in [5.74, 6) is 0. The van der Waals surface area contributed by atoms with E-state index >= 15 is 0 Å². The molecule has 1 heteroatoms. The molecule has 0 saturated heterocycles. The summed E-state index contributed by atoms with van der Waals surface area (Å²) >= 11 is 0. The fraction of sp³-hybridized carbons (Fsp3) is 0.875. The first-order valence-corrected chi connectivity index (χ1v) is 7.73. The van der Waals surface area contributed by atoms with Gasteiger partial charge in [0, 0.05) is 18.0 Å². The van der Waals surface area contributed by atoms with Crippen LogP contribution in [0.2, 0.25) is 0 Å².